The van der Waals surface area contributed by atoms with Crippen molar-refractivity contribution in [3.63, 3.8) is 0 Å². The predicted molar refractivity (Wildman–Crippen MR) is 61.0 cm³/mol. The minimum Gasteiger partial charge on any atom is -0.467 e. The van der Waals surface area contributed by atoms with Crippen molar-refractivity contribution in [1.29, 1.82) is 0 Å². The summed E-state index contributed by atoms with van der Waals surface area (Å²) in [5.74, 6) is -0.421. The minimum atomic E-state index is -0.622. The first-order valence-electron chi connectivity index (χ1n) is 5.69. The highest BCUT2D eigenvalue weighted by Gasteiger charge is 2.15. The number of nitrogens with two attached hydrogens (primary N) is 1. The molecule has 96 valence electrons. The van der Waals surface area contributed by atoms with Crippen molar-refractivity contribution in [2.24, 2.45) is 5.73 Å². The first-order valence-corrected chi connectivity index (χ1v) is 5.69. The van der Waals surface area contributed by atoms with Crippen molar-refractivity contribution in [2.75, 3.05) is 20.3 Å². The van der Waals surface area contributed by atoms with E-state index >= 15 is 0 Å². The fraction of sp³-hybridized carbons (Fsp3) is 0.909. The summed E-state index contributed by atoms with van der Waals surface area (Å²) in [6.45, 7) is 2.46. The lowest BCUT2D eigenvalue weighted by molar-refractivity contribution is -0.154. The molecule has 0 heterocycles. The van der Waals surface area contributed by atoms with Crippen molar-refractivity contribution < 1.29 is 19.4 Å². The molecule has 0 radical (unpaired) electrons. The molecular weight excluding hydrogens is 210 g/mol. The second-order valence-electron chi connectivity index (χ2n) is 3.79. The number of carbonyl (C=O) groups excluding carboxylic acids is 1. The molecule has 3 N–H and O–H groups in total. The fourth-order valence-corrected chi connectivity index (χ4v) is 1.27. The van der Waals surface area contributed by atoms with Gasteiger partial charge < -0.3 is 20.3 Å². The standard InChI is InChI=1S/C11H23NO4/c1-9(11(14)15-2)16-8-10(13)6-4-3-5-7-12/h9-10,13H,3-8,12H2,1-2H3. The molecule has 0 aromatic carbocycles. The van der Waals surface area contributed by atoms with Crippen molar-refractivity contribution in [3.8, 4) is 0 Å². The van der Waals surface area contributed by atoms with Gasteiger partial charge in [-0.25, -0.2) is 4.79 Å². The SMILES string of the molecule is COC(=O)C(C)OCC(O)CCCCCN. The number of unbranched alkanes of at least 4 members (excludes halogenated alkanes) is 2. The molecule has 0 aliphatic heterocycles. The Morgan fingerprint density at radius 2 is 2.06 bits per heavy atom. The Labute approximate surface area is 96.9 Å². The van der Waals surface area contributed by atoms with Crippen LogP contribution in [0, 0.1) is 0 Å². The van der Waals surface area contributed by atoms with Gasteiger partial charge in [0.05, 0.1) is 19.8 Å². The number of hydrogen-bond donors (Lipinski definition) is 2. The summed E-state index contributed by atoms with van der Waals surface area (Å²) < 4.78 is 9.66. The molecule has 0 spiro atoms. The van der Waals surface area contributed by atoms with E-state index in [4.69, 9.17) is 10.5 Å². The summed E-state index contributed by atoms with van der Waals surface area (Å²) >= 11 is 0. The second kappa shape index (κ2) is 9.57. The molecule has 0 saturated carbocycles. The minimum absolute atomic E-state index is 0.166. The zero-order chi connectivity index (χ0) is 12.4. The zero-order valence-electron chi connectivity index (χ0n) is 10.1. The first kappa shape index (κ1) is 15.3. The van der Waals surface area contributed by atoms with E-state index in [1.165, 1.54) is 7.11 Å². The Morgan fingerprint density at radius 3 is 2.62 bits per heavy atom. The summed E-state index contributed by atoms with van der Waals surface area (Å²) in [7, 11) is 1.31. The average Bonchev–Trinajstić information content (AvgIpc) is 2.30. The maximum absolute atomic E-state index is 11.0. The van der Waals surface area contributed by atoms with Crippen LogP contribution in [-0.2, 0) is 14.3 Å². The van der Waals surface area contributed by atoms with Crippen LogP contribution in [0.1, 0.15) is 32.6 Å². The van der Waals surface area contributed by atoms with Crippen LogP contribution in [0.4, 0.5) is 0 Å². The van der Waals surface area contributed by atoms with Crippen molar-refractivity contribution in [1.82, 2.24) is 0 Å². The molecule has 0 rings (SSSR count). The molecule has 0 bridgehead atoms. The molecule has 2 unspecified atom stereocenters. The summed E-state index contributed by atoms with van der Waals surface area (Å²) in [6.07, 6.45) is 2.45. The number of esters is 1. The molecule has 0 amide bonds. The second-order valence-corrected chi connectivity index (χ2v) is 3.79. The zero-order valence-corrected chi connectivity index (χ0v) is 10.1. The van der Waals surface area contributed by atoms with E-state index in [0.717, 1.165) is 19.3 Å². The highest BCUT2D eigenvalue weighted by atomic mass is 16.6. The molecule has 5 nitrogen and oxygen atoms in total. The normalized spacial score (nSPS) is 14.5. The number of ether oxygens (including phenoxy) is 2. The molecule has 16 heavy (non-hydrogen) atoms. The van der Waals surface area contributed by atoms with Gasteiger partial charge in [-0.05, 0) is 26.3 Å². The smallest absolute Gasteiger partial charge is 0.334 e. The number of aliphatic hydroxyl groups excluding tert-OH is 1. The van der Waals surface area contributed by atoms with Crippen LogP contribution in [0.25, 0.3) is 0 Å². The molecule has 0 aliphatic carbocycles. The first-order chi connectivity index (χ1) is 7.61. The van der Waals surface area contributed by atoms with Crippen molar-refractivity contribution in [3.05, 3.63) is 0 Å². The summed E-state index contributed by atoms with van der Waals surface area (Å²) in [6, 6.07) is 0. The highest BCUT2D eigenvalue weighted by Crippen LogP contribution is 2.05. The van der Waals surface area contributed by atoms with E-state index < -0.39 is 18.2 Å². The van der Waals surface area contributed by atoms with Gasteiger partial charge in [-0.2, -0.15) is 0 Å². The van der Waals surface area contributed by atoms with E-state index in [2.05, 4.69) is 4.74 Å². The summed E-state index contributed by atoms with van der Waals surface area (Å²) in [5.41, 5.74) is 5.35. The van der Waals surface area contributed by atoms with Crippen LogP contribution in [-0.4, -0.2) is 43.5 Å². The van der Waals surface area contributed by atoms with Gasteiger partial charge in [-0.15, -0.1) is 0 Å². The van der Waals surface area contributed by atoms with Gasteiger partial charge in [0.1, 0.15) is 0 Å². The Bertz CT molecular complexity index is 187. The number of rotatable bonds is 9. The third-order valence-electron chi connectivity index (χ3n) is 2.31. The fourth-order valence-electron chi connectivity index (χ4n) is 1.27. The third kappa shape index (κ3) is 7.62. The van der Waals surface area contributed by atoms with Crippen LogP contribution >= 0.6 is 0 Å². The topological polar surface area (TPSA) is 81.8 Å². The van der Waals surface area contributed by atoms with Gasteiger partial charge in [0.25, 0.3) is 0 Å². The Kier molecular flexibility index (Phi) is 9.18. The maximum atomic E-state index is 11.0. The van der Waals surface area contributed by atoms with E-state index in [9.17, 15) is 9.90 Å². The Morgan fingerprint density at radius 1 is 1.38 bits per heavy atom. The molecule has 0 aromatic heterocycles. The number of aliphatic hydroxyl groups is 1. The van der Waals surface area contributed by atoms with Crippen LogP contribution < -0.4 is 5.73 Å². The number of methoxy groups -OCH3 is 1. The van der Waals surface area contributed by atoms with Crippen molar-refractivity contribution in [2.45, 2.75) is 44.8 Å². The van der Waals surface area contributed by atoms with E-state index in [1.54, 1.807) is 6.92 Å². The molecule has 5 heteroatoms. The molecule has 0 fully saturated rings. The number of hydrogen-bond acceptors (Lipinski definition) is 5. The van der Waals surface area contributed by atoms with E-state index in [1.807, 2.05) is 0 Å². The molecule has 0 aliphatic rings. The van der Waals surface area contributed by atoms with Gasteiger partial charge in [-0.1, -0.05) is 12.8 Å². The number of carbonyl (C=O) groups is 1. The quantitative estimate of drug-likeness (QED) is 0.446. The highest BCUT2D eigenvalue weighted by molar-refractivity contribution is 5.73. The molecule has 0 aromatic rings. The Hall–Kier alpha value is -0.650. The molecular formula is C11H23NO4. The van der Waals surface area contributed by atoms with Gasteiger partial charge in [0.15, 0.2) is 6.10 Å². The predicted octanol–water partition coefficient (Wildman–Crippen LogP) is 0.444. The lowest BCUT2D eigenvalue weighted by atomic mass is 10.1. The van der Waals surface area contributed by atoms with Crippen LogP contribution in [0.3, 0.4) is 0 Å². The molecule has 0 saturated heterocycles. The Balaban J connectivity index is 3.49. The maximum Gasteiger partial charge on any atom is 0.334 e. The van der Waals surface area contributed by atoms with Crippen LogP contribution in [0.2, 0.25) is 0 Å². The monoisotopic (exact) mass is 233 g/mol. The van der Waals surface area contributed by atoms with Crippen LogP contribution in [0.15, 0.2) is 0 Å². The lowest BCUT2D eigenvalue weighted by Gasteiger charge is -2.14. The lowest BCUT2D eigenvalue weighted by Crippen LogP contribution is -2.26. The van der Waals surface area contributed by atoms with Gasteiger partial charge in [0, 0.05) is 0 Å². The van der Waals surface area contributed by atoms with E-state index in [0.29, 0.717) is 13.0 Å². The third-order valence-corrected chi connectivity index (χ3v) is 2.31. The van der Waals surface area contributed by atoms with E-state index in [-0.39, 0.29) is 6.61 Å². The van der Waals surface area contributed by atoms with Crippen LogP contribution in [0.5, 0.6) is 0 Å². The van der Waals surface area contributed by atoms with Crippen molar-refractivity contribution >= 4 is 5.97 Å². The van der Waals surface area contributed by atoms with Gasteiger partial charge >= 0.3 is 5.97 Å². The molecule has 2 atom stereocenters. The summed E-state index contributed by atoms with van der Waals surface area (Å²) in [5, 5.41) is 9.54. The van der Waals surface area contributed by atoms with Gasteiger partial charge in [0.2, 0.25) is 0 Å². The van der Waals surface area contributed by atoms with Gasteiger partial charge in [-0.3, -0.25) is 0 Å². The summed E-state index contributed by atoms with van der Waals surface area (Å²) in [4.78, 5) is 11.0. The largest absolute Gasteiger partial charge is 0.467 e. The average molecular weight is 233 g/mol.